The predicted octanol–water partition coefficient (Wildman–Crippen LogP) is 3.29. The second kappa shape index (κ2) is 8.24. The van der Waals surface area contributed by atoms with Crippen molar-refractivity contribution in [3.05, 3.63) is 71.3 Å². The molecule has 1 saturated heterocycles. The lowest BCUT2D eigenvalue weighted by Crippen LogP contribution is -2.44. The molecule has 2 heterocycles. The van der Waals surface area contributed by atoms with E-state index in [-0.39, 0.29) is 5.91 Å². The Balaban J connectivity index is 1.60. The minimum Gasteiger partial charge on any atom is -0.354 e. The molecule has 0 unspecified atom stereocenters. The summed E-state index contributed by atoms with van der Waals surface area (Å²) in [5.41, 5.74) is 5.20. The molecule has 1 aliphatic carbocycles. The van der Waals surface area contributed by atoms with Gasteiger partial charge in [0, 0.05) is 42.9 Å². The Labute approximate surface area is 176 Å². The number of nitrogens with zero attached hydrogens (tertiary/aromatic N) is 3. The summed E-state index contributed by atoms with van der Waals surface area (Å²) in [5.74, 6) is 1.14. The molecule has 2 aliphatic rings. The molecule has 0 atom stereocenters. The number of carbonyl (C=O) groups is 1. The van der Waals surface area contributed by atoms with Gasteiger partial charge in [0.25, 0.3) is 5.91 Å². The van der Waals surface area contributed by atoms with Crippen molar-refractivity contribution in [2.45, 2.75) is 19.3 Å². The van der Waals surface area contributed by atoms with E-state index in [4.69, 9.17) is 9.97 Å². The van der Waals surface area contributed by atoms with Crippen molar-refractivity contribution < 1.29 is 4.79 Å². The van der Waals surface area contributed by atoms with Gasteiger partial charge in [0.2, 0.25) is 5.95 Å². The Kier molecular flexibility index (Phi) is 5.15. The molecule has 0 spiro atoms. The van der Waals surface area contributed by atoms with Crippen molar-refractivity contribution in [1.29, 1.82) is 0 Å². The topological polar surface area (TPSA) is 70.2 Å². The lowest BCUT2D eigenvalue weighted by Gasteiger charge is -2.31. The molecule has 6 nitrogen and oxygen atoms in total. The fourth-order valence-electron chi connectivity index (χ4n) is 4.31. The first-order valence-corrected chi connectivity index (χ1v) is 10.6. The van der Waals surface area contributed by atoms with Crippen molar-refractivity contribution in [3.8, 4) is 11.3 Å². The van der Waals surface area contributed by atoms with E-state index in [2.05, 4.69) is 39.8 Å². The molecule has 1 amide bonds. The molecule has 1 fully saturated rings. The van der Waals surface area contributed by atoms with Gasteiger partial charge in [0.1, 0.15) is 5.82 Å². The van der Waals surface area contributed by atoms with E-state index in [9.17, 15) is 4.79 Å². The zero-order valence-electron chi connectivity index (χ0n) is 16.9. The van der Waals surface area contributed by atoms with E-state index in [0.717, 1.165) is 62.5 Å². The Morgan fingerprint density at radius 1 is 0.933 bits per heavy atom. The quantitative estimate of drug-likeness (QED) is 0.707. The molecule has 0 radical (unpaired) electrons. The number of hydrogen-bond acceptors (Lipinski definition) is 5. The average molecular weight is 399 g/mol. The number of benzene rings is 2. The monoisotopic (exact) mass is 399 g/mol. The third-order valence-electron chi connectivity index (χ3n) is 5.81. The Morgan fingerprint density at radius 3 is 2.53 bits per heavy atom. The van der Waals surface area contributed by atoms with Gasteiger partial charge in [-0.15, -0.1) is 0 Å². The van der Waals surface area contributed by atoms with Gasteiger partial charge in [-0.1, -0.05) is 42.5 Å². The van der Waals surface area contributed by atoms with Gasteiger partial charge in [-0.05, 0) is 37.0 Å². The van der Waals surface area contributed by atoms with Crippen LogP contribution in [0.3, 0.4) is 0 Å². The van der Waals surface area contributed by atoms with E-state index in [1.54, 1.807) is 12.1 Å². The van der Waals surface area contributed by atoms with Gasteiger partial charge >= 0.3 is 0 Å². The molecule has 30 heavy (non-hydrogen) atoms. The predicted molar refractivity (Wildman–Crippen MR) is 119 cm³/mol. The van der Waals surface area contributed by atoms with Crippen molar-refractivity contribution in [1.82, 2.24) is 15.3 Å². The van der Waals surface area contributed by atoms with Crippen LogP contribution in [0.2, 0.25) is 0 Å². The number of nitrogens with one attached hydrogen (secondary N) is 2. The molecule has 2 N–H and O–H groups in total. The van der Waals surface area contributed by atoms with Gasteiger partial charge in [-0.25, -0.2) is 4.98 Å². The maximum absolute atomic E-state index is 12.8. The van der Waals surface area contributed by atoms with Crippen LogP contribution in [0.1, 0.15) is 27.9 Å². The van der Waals surface area contributed by atoms with Crippen LogP contribution in [0.25, 0.3) is 11.3 Å². The maximum atomic E-state index is 12.8. The molecule has 0 saturated carbocycles. The van der Waals surface area contributed by atoms with Crippen molar-refractivity contribution in [2.75, 3.05) is 36.4 Å². The minimum absolute atomic E-state index is 0.191. The normalized spacial score (nSPS) is 15.7. The second-order valence-electron chi connectivity index (χ2n) is 7.77. The van der Waals surface area contributed by atoms with Crippen LogP contribution in [0, 0.1) is 0 Å². The summed E-state index contributed by atoms with van der Waals surface area (Å²) in [7, 11) is 0. The van der Waals surface area contributed by atoms with Gasteiger partial charge < -0.3 is 10.2 Å². The third-order valence-corrected chi connectivity index (χ3v) is 5.81. The van der Waals surface area contributed by atoms with Crippen LogP contribution in [0.15, 0.2) is 54.6 Å². The summed E-state index contributed by atoms with van der Waals surface area (Å²) in [4.78, 5) is 24.8. The first-order valence-electron chi connectivity index (χ1n) is 10.6. The number of amides is 1. The lowest BCUT2D eigenvalue weighted by atomic mass is 10.0. The number of hydrogen-bond donors (Lipinski definition) is 2. The van der Waals surface area contributed by atoms with Crippen LogP contribution in [0.4, 0.5) is 11.8 Å². The van der Waals surface area contributed by atoms with Gasteiger partial charge in [0.15, 0.2) is 0 Å². The zero-order chi connectivity index (χ0) is 20.3. The fourth-order valence-corrected chi connectivity index (χ4v) is 4.31. The smallest absolute Gasteiger partial charge is 0.258 e. The average Bonchev–Trinajstić information content (AvgIpc) is 2.99. The molecule has 1 aliphatic heterocycles. The Bertz CT molecular complexity index is 1060. The molecular formula is C24H25N5O. The van der Waals surface area contributed by atoms with Crippen molar-refractivity contribution in [3.63, 3.8) is 0 Å². The molecular weight excluding hydrogens is 374 g/mol. The van der Waals surface area contributed by atoms with E-state index >= 15 is 0 Å². The van der Waals surface area contributed by atoms with Crippen molar-refractivity contribution in [2.24, 2.45) is 0 Å². The first-order chi connectivity index (χ1) is 14.8. The van der Waals surface area contributed by atoms with E-state index in [1.807, 2.05) is 18.2 Å². The van der Waals surface area contributed by atoms with Crippen LogP contribution < -0.4 is 15.5 Å². The SMILES string of the molecule is O=C(Nc1nc2c(c(N3CCNCC3)n1)CCCc1ccccc1-2)c1ccccc1. The van der Waals surface area contributed by atoms with E-state index in [1.165, 1.54) is 11.1 Å². The number of carbonyl (C=O) groups excluding carboxylic acids is 1. The molecule has 1 aromatic heterocycles. The summed E-state index contributed by atoms with van der Waals surface area (Å²) in [6, 6.07) is 17.7. The number of anilines is 2. The Hall–Kier alpha value is -3.25. The molecule has 3 aromatic rings. The summed E-state index contributed by atoms with van der Waals surface area (Å²) >= 11 is 0. The molecule has 0 bridgehead atoms. The third kappa shape index (κ3) is 3.66. The molecule has 2 aromatic carbocycles. The number of fused-ring (bicyclic) bond motifs is 3. The number of aryl methyl sites for hydroxylation is 1. The zero-order valence-corrected chi connectivity index (χ0v) is 16.9. The standard InChI is InChI=1S/C24H25N5O/c30-23(18-8-2-1-3-9-18)28-24-26-21-19-11-5-4-7-17(19)10-6-12-20(21)22(27-24)29-15-13-25-14-16-29/h1-5,7-9,11,25H,6,10,12-16H2,(H,26,27,28,30). The summed E-state index contributed by atoms with van der Waals surface area (Å²) in [6.45, 7) is 3.66. The van der Waals surface area contributed by atoms with E-state index < -0.39 is 0 Å². The minimum atomic E-state index is -0.191. The highest BCUT2D eigenvalue weighted by atomic mass is 16.1. The van der Waals surface area contributed by atoms with Crippen LogP contribution in [0.5, 0.6) is 0 Å². The van der Waals surface area contributed by atoms with Gasteiger partial charge in [-0.3, -0.25) is 10.1 Å². The highest BCUT2D eigenvalue weighted by molar-refractivity contribution is 6.03. The van der Waals surface area contributed by atoms with E-state index in [0.29, 0.717) is 11.5 Å². The highest BCUT2D eigenvalue weighted by Crippen LogP contribution is 2.36. The highest BCUT2D eigenvalue weighted by Gasteiger charge is 2.25. The van der Waals surface area contributed by atoms with Crippen LogP contribution >= 0.6 is 0 Å². The number of aromatic nitrogens is 2. The lowest BCUT2D eigenvalue weighted by molar-refractivity contribution is 0.102. The van der Waals surface area contributed by atoms with Gasteiger partial charge in [-0.2, -0.15) is 4.98 Å². The van der Waals surface area contributed by atoms with Crippen LogP contribution in [-0.4, -0.2) is 42.1 Å². The molecule has 5 rings (SSSR count). The van der Waals surface area contributed by atoms with Crippen molar-refractivity contribution >= 4 is 17.7 Å². The largest absolute Gasteiger partial charge is 0.354 e. The summed E-state index contributed by atoms with van der Waals surface area (Å²) in [6.07, 6.45) is 3.04. The second-order valence-corrected chi connectivity index (χ2v) is 7.77. The first kappa shape index (κ1) is 18.8. The van der Waals surface area contributed by atoms with Crippen LogP contribution in [-0.2, 0) is 12.8 Å². The Morgan fingerprint density at radius 2 is 1.70 bits per heavy atom. The number of piperazine rings is 1. The molecule has 6 heteroatoms. The number of rotatable bonds is 3. The van der Waals surface area contributed by atoms with Gasteiger partial charge in [0.05, 0.1) is 5.69 Å². The fraction of sp³-hybridized carbons (Fsp3) is 0.292. The summed E-state index contributed by atoms with van der Waals surface area (Å²) in [5, 5.41) is 6.34. The summed E-state index contributed by atoms with van der Waals surface area (Å²) < 4.78 is 0. The maximum Gasteiger partial charge on any atom is 0.258 e. The molecule has 152 valence electrons.